The Morgan fingerprint density at radius 3 is 2.33 bits per heavy atom. The van der Waals surface area contributed by atoms with Crippen LogP contribution in [0.15, 0.2) is 83.8 Å². The lowest BCUT2D eigenvalue weighted by Gasteiger charge is -2.28. The Kier molecular flexibility index (Phi) is 6.60. The van der Waals surface area contributed by atoms with Gasteiger partial charge in [-0.3, -0.25) is 4.79 Å². The zero-order valence-electron chi connectivity index (χ0n) is 18.2. The summed E-state index contributed by atoms with van der Waals surface area (Å²) in [5.74, 6) is -0.0749. The van der Waals surface area contributed by atoms with Gasteiger partial charge in [-0.2, -0.15) is 0 Å². The van der Waals surface area contributed by atoms with Crippen molar-refractivity contribution in [1.82, 2.24) is 10.3 Å². The van der Waals surface area contributed by atoms with Crippen LogP contribution in [0.1, 0.15) is 23.1 Å². The molecule has 8 heteroatoms. The summed E-state index contributed by atoms with van der Waals surface area (Å²) in [7, 11) is -3.72. The fourth-order valence-corrected chi connectivity index (χ4v) is 5.42. The zero-order chi connectivity index (χ0) is 23.5. The number of carbonyl (C=O) groups excluding carboxylic acids is 1. The minimum Gasteiger partial charge on any atom is -0.355 e. The summed E-state index contributed by atoms with van der Waals surface area (Å²) < 4.78 is 23.9. The first-order valence-electron chi connectivity index (χ1n) is 10.6. The monoisotopic (exact) mass is 479 g/mol. The van der Waals surface area contributed by atoms with Crippen LogP contribution in [0.3, 0.4) is 0 Å². The molecule has 1 aromatic heterocycles. The summed E-state index contributed by atoms with van der Waals surface area (Å²) in [4.78, 5) is 18.2. The molecule has 0 aliphatic carbocycles. The number of amides is 1. The van der Waals surface area contributed by atoms with Crippen LogP contribution in [0.5, 0.6) is 0 Å². The quantitative estimate of drug-likeness (QED) is 0.401. The number of hydrogen-bond donors (Lipinski definition) is 2. The van der Waals surface area contributed by atoms with Crippen molar-refractivity contribution >= 4 is 37.5 Å². The maximum Gasteiger partial charge on any atom is 0.238 e. The fraction of sp³-hybridized carbons (Fsp3) is 0.200. The van der Waals surface area contributed by atoms with E-state index in [9.17, 15) is 13.2 Å². The minimum atomic E-state index is -3.72. The number of para-hydroxylation sites is 1. The summed E-state index contributed by atoms with van der Waals surface area (Å²) in [6, 6.07) is 24.1. The lowest BCUT2D eigenvalue weighted by atomic mass is 9.78. The standard InChI is InChI=1S/C25H25N3O3S2/c1-25(19-7-3-2-4-8-19,17-23-28-21-9-5-6-10-22(21)32-23)24(29)27-16-15-18-11-13-20(14-12-18)33(26,30)31/h2-14H,15-17H2,1H3,(H,27,29)(H2,26,30,31). The molecular weight excluding hydrogens is 454 g/mol. The molecule has 0 radical (unpaired) electrons. The van der Waals surface area contributed by atoms with Crippen molar-refractivity contribution in [3.63, 3.8) is 0 Å². The number of carbonyl (C=O) groups is 1. The average Bonchev–Trinajstić information content (AvgIpc) is 3.21. The Morgan fingerprint density at radius 2 is 1.67 bits per heavy atom. The Morgan fingerprint density at radius 1 is 1.00 bits per heavy atom. The smallest absolute Gasteiger partial charge is 0.238 e. The van der Waals surface area contributed by atoms with Gasteiger partial charge in [-0.15, -0.1) is 11.3 Å². The first kappa shape index (κ1) is 23.1. The van der Waals surface area contributed by atoms with Gasteiger partial charge in [0.05, 0.1) is 25.5 Å². The Bertz CT molecular complexity index is 1330. The highest BCUT2D eigenvalue weighted by molar-refractivity contribution is 7.89. The van der Waals surface area contributed by atoms with E-state index in [-0.39, 0.29) is 10.8 Å². The highest BCUT2D eigenvalue weighted by Gasteiger charge is 2.36. The molecule has 1 heterocycles. The maximum atomic E-state index is 13.4. The van der Waals surface area contributed by atoms with Crippen molar-refractivity contribution in [1.29, 1.82) is 0 Å². The molecule has 3 aromatic carbocycles. The van der Waals surface area contributed by atoms with Crippen LogP contribution in [-0.2, 0) is 33.1 Å². The minimum absolute atomic E-state index is 0.0720. The number of fused-ring (bicyclic) bond motifs is 1. The Hall–Kier alpha value is -3.07. The first-order chi connectivity index (χ1) is 15.8. The van der Waals surface area contributed by atoms with Crippen LogP contribution in [0.4, 0.5) is 0 Å². The summed E-state index contributed by atoms with van der Waals surface area (Å²) in [6.07, 6.45) is 1.06. The van der Waals surface area contributed by atoms with E-state index in [2.05, 4.69) is 5.32 Å². The third kappa shape index (κ3) is 5.30. The number of nitrogens with one attached hydrogen (secondary N) is 1. The normalized spacial score (nSPS) is 13.5. The highest BCUT2D eigenvalue weighted by Crippen LogP contribution is 2.32. The van der Waals surface area contributed by atoms with Gasteiger partial charge >= 0.3 is 0 Å². The van der Waals surface area contributed by atoms with Crippen LogP contribution in [0.2, 0.25) is 0 Å². The molecule has 0 saturated heterocycles. The third-order valence-electron chi connectivity index (χ3n) is 5.71. The lowest BCUT2D eigenvalue weighted by molar-refractivity contribution is -0.126. The number of primary sulfonamides is 1. The van der Waals surface area contributed by atoms with Gasteiger partial charge in [-0.25, -0.2) is 18.5 Å². The topological polar surface area (TPSA) is 102 Å². The van der Waals surface area contributed by atoms with E-state index in [0.717, 1.165) is 26.4 Å². The van der Waals surface area contributed by atoms with Gasteiger partial charge in [-0.1, -0.05) is 54.6 Å². The molecule has 0 saturated carbocycles. The number of aromatic nitrogens is 1. The van der Waals surface area contributed by atoms with E-state index in [1.165, 1.54) is 12.1 Å². The molecule has 3 N–H and O–H groups in total. The predicted octanol–water partition coefficient (Wildman–Crippen LogP) is 3.80. The van der Waals surface area contributed by atoms with Gasteiger partial charge in [0.25, 0.3) is 0 Å². The number of sulfonamides is 1. The Labute approximate surface area is 197 Å². The van der Waals surface area contributed by atoms with Crippen LogP contribution in [0, 0.1) is 0 Å². The second kappa shape index (κ2) is 9.43. The SMILES string of the molecule is CC(Cc1nc2ccccc2s1)(C(=O)NCCc1ccc(S(N)(=O)=O)cc1)c1ccccc1. The molecule has 0 aliphatic heterocycles. The zero-order valence-corrected chi connectivity index (χ0v) is 19.8. The van der Waals surface area contributed by atoms with E-state index < -0.39 is 15.4 Å². The lowest BCUT2D eigenvalue weighted by Crippen LogP contribution is -2.44. The van der Waals surface area contributed by atoms with Crippen molar-refractivity contribution in [3.8, 4) is 0 Å². The number of thiazole rings is 1. The van der Waals surface area contributed by atoms with Gasteiger partial charge in [0.1, 0.15) is 0 Å². The van der Waals surface area contributed by atoms with Crippen molar-refractivity contribution in [2.24, 2.45) is 5.14 Å². The van der Waals surface area contributed by atoms with E-state index in [1.807, 2.05) is 61.5 Å². The summed E-state index contributed by atoms with van der Waals surface area (Å²) in [5.41, 5.74) is 2.00. The number of rotatable bonds is 8. The molecule has 1 unspecified atom stereocenters. The van der Waals surface area contributed by atoms with E-state index >= 15 is 0 Å². The van der Waals surface area contributed by atoms with Crippen LogP contribution < -0.4 is 10.5 Å². The molecular formula is C25H25N3O3S2. The summed E-state index contributed by atoms with van der Waals surface area (Å²) in [6.45, 7) is 2.38. The predicted molar refractivity (Wildman–Crippen MR) is 132 cm³/mol. The molecule has 0 aliphatic rings. The summed E-state index contributed by atoms with van der Waals surface area (Å²) >= 11 is 1.61. The Balaban J connectivity index is 1.50. The molecule has 4 aromatic rings. The second-order valence-electron chi connectivity index (χ2n) is 8.15. The molecule has 0 fully saturated rings. The maximum absolute atomic E-state index is 13.4. The van der Waals surface area contributed by atoms with Gasteiger partial charge in [0, 0.05) is 13.0 Å². The first-order valence-corrected chi connectivity index (χ1v) is 12.9. The molecule has 1 amide bonds. The molecule has 170 valence electrons. The fourth-order valence-electron chi connectivity index (χ4n) is 3.78. The molecule has 4 rings (SSSR count). The second-order valence-corrected chi connectivity index (χ2v) is 10.8. The van der Waals surface area contributed by atoms with Crippen LogP contribution in [-0.4, -0.2) is 25.9 Å². The van der Waals surface area contributed by atoms with Gasteiger partial charge in [0.15, 0.2) is 0 Å². The van der Waals surface area contributed by atoms with Gasteiger partial charge < -0.3 is 5.32 Å². The molecule has 0 bridgehead atoms. The average molecular weight is 480 g/mol. The summed E-state index contributed by atoms with van der Waals surface area (Å²) in [5, 5.41) is 9.13. The number of nitrogens with two attached hydrogens (primary N) is 1. The van der Waals surface area contributed by atoms with Gasteiger partial charge in [-0.05, 0) is 48.7 Å². The molecule has 33 heavy (non-hydrogen) atoms. The van der Waals surface area contributed by atoms with Gasteiger partial charge in [0.2, 0.25) is 15.9 Å². The molecule has 0 spiro atoms. The van der Waals surface area contributed by atoms with Crippen LogP contribution in [0.25, 0.3) is 10.2 Å². The van der Waals surface area contributed by atoms with Crippen molar-refractivity contribution in [2.75, 3.05) is 6.54 Å². The van der Waals surface area contributed by atoms with Crippen LogP contribution >= 0.6 is 11.3 Å². The highest BCUT2D eigenvalue weighted by atomic mass is 32.2. The number of benzene rings is 3. The van der Waals surface area contributed by atoms with E-state index in [1.54, 1.807) is 23.5 Å². The van der Waals surface area contributed by atoms with Crippen molar-refractivity contribution in [3.05, 3.63) is 95.0 Å². The van der Waals surface area contributed by atoms with E-state index in [4.69, 9.17) is 10.1 Å². The van der Waals surface area contributed by atoms with E-state index in [0.29, 0.717) is 19.4 Å². The molecule has 6 nitrogen and oxygen atoms in total. The molecule has 1 atom stereocenters. The van der Waals surface area contributed by atoms with Crippen molar-refractivity contribution in [2.45, 2.75) is 30.1 Å². The number of nitrogens with zero attached hydrogens (tertiary/aromatic N) is 1. The van der Waals surface area contributed by atoms with Crippen molar-refractivity contribution < 1.29 is 13.2 Å². The number of hydrogen-bond acceptors (Lipinski definition) is 5. The largest absolute Gasteiger partial charge is 0.355 e. The third-order valence-corrected chi connectivity index (χ3v) is 7.67.